The highest BCUT2D eigenvalue weighted by Gasteiger charge is 2.23. The molecule has 2 N–H and O–H groups in total. The Bertz CT molecular complexity index is 647. The Kier molecular flexibility index (Phi) is 9.97. The van der Waals surface area contributed by atoms with Crippen LogP contribution in [-0.4, -0.2) is 51.7 Å². The first-order chi connectivity index (χ1) is 12.7. The number of benzene rings is 1. The molecule has 1 aromatic rings. The van der Waals surface area contributed by atoms with Crippen LogP contribution in [0.3, 0.4) is 0 Å². The molecular weight excluding hydrogens is 470 g/mol. The van der Waals surface area contributed by atoms with E-state index in [0.717, 1.165) is 18.7 Å². The average Bonchev–Trinajstić information content (AvgIpc) is 3.40. The van der Waals surface area contributed by atoms with Gasteiger partial charge in [0.1, 0.15) is 0 Å². The molecule has 1 aliphatic rings. The van der Waals surface area contributed by atoms with Gasteiger partial charge in [-0.2, -0.15) is 0 Å². The van der Waals surface area contributed by atoms with Crippen LogP contribution in [0, 0.1) is 17.2 Å². The first-order valence-corrected chi connectivity index (χ1v) is 9.74. The van der Waals surface area contributed by atoms with Gasteiger partial charge in [-0.1, -0.05) is 19.9 Å². The Balaban J connectivity index is 0.00000392. The van der Waals surface area contributed by atoms with Crippen LogP contribution in [0.2, 0.25) is 0 Å². The van der Waals surface area contributed by atoms with Gasteiger partial charge in [0.05, 0.1) is 12.6 Å². The fourth-order valence-corrected chi connectivity index (χ4v) is 3.11. The fourth-order valence-electron chi connectivity index (χ4n) is 3.11. The minimum absolute atomic E-state index is 0. The summed E-state index contributed by atoms with van der Waals surface area (Å²) in [6.45, 7) is 8.81. The van der Waals surface area contributed by atoms with Gasteiger partial charge in [0.25, 0.3) is 0 Å². The van der Waals surface area contributed by atoms with Crippen LogP contribution in [0.4, 0.5) is 4.39 Å². The molecule has 28 heavy (non-hydrogen) atoms. The number of nitrogens with one attached hydrogen (secondary N) is 2. The molecule has 0 aliphatic heterocycles. The molecule has 0 aromatic heterocycles. The minimum Gasteiger partial charge on any atom is -0.490 e. The van der Waals surface area contributed by atoms with Crippen molar-refractivity contribution >= 4 is 29.9 Å². The van der Waals surface area contributed by atoms with Crippen LogP contribution in [-0.2, 0) is 0 Å². The van der Waals surface area contributed by atoms with Crippen LogP contribution in [0.15, 0.2) is 23.2 Å². The molecule has 0 heterocycles. The molecule has 0 bridgehead atoms. The van der Waals surface area contributed by atoms with E-state index in [-0.39, 0.29) is 41.3 Å². The van der Waals surface area contributed by atoms with Gasteiger partial charge in [-0.25, -0.2) is 4.39 Å². The van der Waals surface area contributed by atoms with Crippen molar-refractivity contribution in [2.24, 2.45) is 16.3 Å². The molecule has 0 saturated heterocycles. The number of ether oxygens (including phenoxy) is 1. The summed E-state index contributed by atoms with van der Waals surface area (Å²) < 4.78 is 19.9. The van der Waals surface area contributed by atoms with Gasteiger partial charge in [-0.15, -0.1) is 24.0 Å². The average molecular weight is 506 g/mol. The van der Waals surface area contributed by atoms with E-state index >= 15 is 0 Å². The molecule has 0 radical (unpaired) electrons. The van der Waals surface area contributed by atoms with E-state index < -0.39 is 0 Å². The van der Waals surface area contributed by atoms with Gasteiger partial charge in [-0.05, 0) is 62.9 Å². The minimum atomic E-state index is -0.308. The number of halogens is 2. The first-order valence-electron chi connectivity index (χ1n) is 9.74. The van der Waals surface area contributed by atoms with Gasteiger partial charge < -0.3 is 20.3 Å². The normalized spacial score (nSPS) is 15.8. The lowest BCUT2D eigenvalue weighted by molar-refractivity contribution is 0.241. The van der Waals surface area contributed by atoms with Crippen LogP contribution in [0.5, 0.6) is 5.75 Å². The summed E-state index contributed by atoms with van der Waals surface area (Å²) in [7, 11) is 5.89. The Hall–Kier alpha value is -1.09. The third kappa shape index (κ3) is 8.51. The lowest BCUT2D eigenvalue weighted by Gasteiger charge is -2.29. The first kappa shape index (κ1) is 24.9. The Morgan fingerprint density at radius 2 is 2.04 bits per heavy atom. The molecule has 1 aliphatic carbocycles. The molecule has 1 aromatic carbocycles. The molecule has 7 heteroatoms. The Morgan fingerprint density at radius 3 is 2.57 bits per heavy atom. The summed E-state index contributed by atoms with van der Waals surface area (Å²) in [6, 6.07) is 5.11. The summed E-state index contributed by atoms with van der Waals surface area (Å²) in [4.78, 5) is 6.47. The van der Waals surface area contributed by atoms with E-state index in [2.05, 4.69) is 48.5 Å². The highest BCUT2D eigenvalue weighted by atomic mass is 127. The second-order valence-corrected chi connectivity index (χ2v) is 8.64. The standard InChI is InChI=1S/C21H35FN4O.HI/c1-15(25-20(23-4)24-13-21(2,3)14-26(5)6)17-9-10-19(18(22)11-17)27-12-16-7-8-16;/h9-11,15-16H,7-8,12-14H2,1-6H3,(H2,23,24,25);1H. The maximum atomic E-state index is 14.3. The molecule has 5 nitrogen and oxygen atoms in total. The second kappa shape index (κ2) is 11.2. The van der Waals surface area contributed by atoms with Crippen molar-refractivity contribution < 1.29 is 9.13 Å². The van der Waals surface area contributed by atoms with Crippen molar-refractivity contribution in [1.29, 1.82) is 0 Å². The molecule has 0 spiro atoms. The van der Waals surface area contributed by atoms with E-state index in [1.165, 1.54) is 12.8 Å². The molecule has 1 fully saturated rings. The Morgan fingerprint density at radius 1 is 1.36 bits per heavy atom. The summed E-state index contributed by atoms with van der Waals surface area (Å²) in [5.74, 6) is 1.35. The van der Waals surface area contributed by atoms with Crippen LogP contribution in [0.25, 0.3) is 0 Å². The quantitative estimate of drug-likeness (QED) is 0.302. The van der Waals surface area contributed by atoms with Gasteiger partial charge in [-0.3, -0.25) is 4.99 Å². The topological polar surface area (TPSA) is 48.9 Å². The van der Waals surface area contributed by atoms with Crippen LogP contribution < -0.4 is 15.4 Å². The smallest absolute Gasteiger partial charge is 0.191 e. The van der Waals surface area contributed by atoms with E-state index in [9.17, 15) is 4.39 Å². The molecule has 160 valence electrons. The van der Waals surface area contributed by atoms with Gasteiger partial charge in [0, 0.05) is 20.1 Å². The number of hydrogen-bond acceptors (Lipinski definition) is 3. The molecule has 2 rings (SSSR count). The maximum Gasteiger partial charge on any atom is 0.191 e. The van der Waals surface area contributed by atoms with Gasteiger partial charge in [0.2, 0.25) is 0 Å². The fraction of sp³-hybridized carbons (Fsp3) is 0.667. The zero-order chi connectivity index (χ0) is 20.0. The summed E-state index contributed by atoms with van der Waals surface area (Å²) in [5, 5.41) is 6.71. The maximum absolute atomic E-state index is 14.3. The Labute approximate surface area is 186 Å². The molecule has 1 saturated carbocycles. The highest BCUT2D eigenvalue weighted by Crippen LogP contribution is 2.30. The zero-order valence-electron chi connectivity index (χ0n) is 18.0. The van der Waals surface area contributed by atoms with Crippen molar-refractivity contribution in [2.75, 3.05) is 40.8 Å². The van der Waals surface area contributed by atoms with E-state index in [1.54, 1.807) is 19.2 Å². The van der Waals surface area contributed by atoms with Crippen molar-refractivity contribution in [3.8, 4) is 5.75 Å². The van der Waals surface area contributed by atoms with Gasteiger partial charge in [0.15, 0.2) is 17.5 Å². The van der Waals surface area contributed by atoms with Crippen molar-refractivity contribution in [3.63, 3.8) is 0 Å². The zero-order valence-corrected chi connectivity index (χ0v) is 20.3. The van der Waals surface area contributed by atoms with E-state index in [0.29, 0.717) is 24.2 Å². The number of guanidine groups is 1. The largest absolute Gasteiger partial charge is 0.490 e. The van der Waals surface area contributed by atoms with Crippen molar-refractivity contribution in [1.82, 2.24) is 15.5 Å². The van der Waals surface area contributed by atoms with E-state index in [4.69, 9.17) is 4.74 Å². The molecule has 0 amide bonds. The van der Waals surface area contributed by atoms with E-state index in [1.807, 2.05) is 13.0 Å². The summed E-state index contributed by atoms with van der Waals surface area (Å²) >= 11 is 0. The molecular formula is C21H36FIN4O. The summed E-state index contributed by atoms with van der Waals surface area (Å²) in [5.41, 5.74) is 0.971. The summed E-state index contributed by atoms with van der Waals surface area (Å²) in [6.07, 6.45) is 2.39. The van der Waals surface area contributed by atoms with Crippen molar-refractivity contribution in [2.45, 2.75) is 39.7 Å². The van der Waals surface area contributed by atoms with Gasteiger partial charge >= 0.3 is 0 Å². The lowest BCUT2D eigenvalue weighted by Crippen LogP contribution is -2.45. The van der Waals surface area contributed by atoms with Crippen LogP contribution >= 0.6 is 24.0 Å². The SMILES string of the molecule is CN=C(NCC(C)(C)CN(C)C)NC(C)c1ccc(OCC2CC2)c(F)c1.I. The third-order valence-corrected chi connectivity index (χ3v) is 4.68. The third-order valence-electron chi connectivity index (χ3n) is 4.68. The van der Waals surface area contributed by atoms with Crippen molar-refractivity contribution in [3.05, 3.63) is 29.6 Å². The lowest BCUT2D eigenvalue weighted by atomic mass is 9.93. The highest BCUT2D eigenvalue weighted by molar-refractivity contribution is 14.0. The number of nitrogens with zero attached hydrogens (tertiary/aromatic N) is 2. The number of hydrogen-bond donors (Lipinski definition) is 2. The predicted molar refractivity (Wildman–Crippen MR) is 125 cm³/mol. The number of aliphatic imine (C=N–C) groups is 1. The predicted octanol–water partition coefficient (Wildman–Crippen LogP) is 4.05. The number of rotatable bonds is 9. The molecule has 1 unspecified atom stereocenters. The molecule has 1 atom stereocenters. The van der Waals surface area contributed by atoms with Crippen LogP contribution in [0.1, 0.15) is 45.2 Å². The second-order valence-electron chi connectivity index (χ2n) is 8.64. The monoisotopic (exact) mass is 506 g/mol.